The first kappa shape index (κ1) is 19.6. The number of carboxylic acid groups (broad SMARTS) is 1. The van der Waals surface area contributed by atoms with Gasteiger partial charge in [-0.1, -0.05) is 42.1 Å². The number of benzene rings is 2. The van der Waals surface area contributed by atoms with Gasteiger partial charge in [-0.3, -0.25) is 4.79 Å². The minimum atomic E-state index is -1.10. The van der Waals surface area contributed by atoms with Gasteiger partial charge in [0.25, 0.3) is 5.91 Å². The molecule has 28 heavy (non-hydrogen) atoms. The Balaban J connectivity index is 1.82. The van der Waals surface area contributed by atoms with Gasteiger partial charge in [-0.15, -0.1) is 0 Å². The summed E-state index contributed by atoms with van der Waals surface area (Å²) in [4.78, 5) is 23.7. The Morgan fingerprint density at radius 2 is 1.86 bits per heavy atom. The maximum absolute atomic E-state index is 12.6. The molecule has 2 aromatic carbocycles. The normalized spacial score (nSPS) is 15.6. The lowest BCUT2D eigenvalue weighted by molar-refractivity contribution is -0.139. The van der Waals surface area contributed by atoms with Crippen LogP contribution in [0.15, 0.2) is 58.5 Å². The van der Waals surface area contributed by atoms with Crippen LogP contribution in [0.5, 0.6) is 11.5 Å². The highest BCUT2D eigenvalue weighted by Gasteiger charge is 2.32. The number of rotatable bonds is 6. The van der Waals surface area contributed by atoms with Crippen molar-refractivity contribution in [2.24, 2.45) is 5.10 Å². The zero-order valence-corrected chi connectivity index (χ0v) is 15.9. The SMILES string of the molecule is O=C(O)COc1ccccc1/C=C1\SC(=S)N(/N=C/c2ccccc2O)C1=O. The Kier molecular flexibility index (Phi) is 6.07. The zero-order chi connectivity index (χ0) is 20.1. The second kappa shape index (κ2) is 8.68. The van der Waals surface area contributed by atoms with Crippen molar-refractivity contribution in [3.8, 4) is 11.5 Å². The number of thioether (sulfide) groups is 1. The number of aliphatic carboxylic acids is 1. The molecule has 0 aliphatic carbocycles. The van der Waals surface area contributed by atoms with Crippen LogP contribution in [0, 0.1) is 0 Å². The second-order valence-electron chi connectivity index (χ2n) is 5.52. The van der Waals surface area contributed by atoms with Crippen LogP contribution in [-0.2, 0) is 9.59 Å². The minimum absolute atomic E-state index is 0.0386. The van der Waals surface area contributed by atoms with Crippen LogP contribution in [-0.4, -0.2) is 44.2 Å². The molecule has 1 fully saturated rings. The van der Waals surface area contributed by atoms with Crippen molar-refractivity contribution in [3.63, 3.8) is 0 Å². The van der Waals surface area contributed by atoms with Crippen LogP contribution in [0.4, 0.5) is 0 Å². The average molecular weight is 414 g/mol. The third-order valence-corrected chi connectivity index (χ3v) is 4.86. The van der Waals surface area contributed by atoms with E-state index in [1.165, 1.54) is 12.3 Å². The summed E-state index contributed by atoms with van der Waals surface area (Å²) in [6, 6.07) is 13.4. The Morgan fingerprint density at radius 3 is 2.57 bits per heavy atom. The number of amides is 1. The van der Waals surface area contributed by atoms with Crippen LogP contribution < -0.4 is 4.74 Å². The van der Waals surface area contributed by atoms with E-state index in [0.29, 0.717) is 21.8 Å². The van der Waals surface area contributed by atoms with Gasteiger partial charge < -0.3 is 14.9 Å². The lowest BCUT2D eigenvalue weighted by Crippen LogP contribution is -2.22. The van der Waals surface area contributed by atoms with E-state index in [0.717, 1.165) is 16.8 Å². The molecule has 9 heteroatoms. The number of hydrogen-bond acceptors (Lipinski definition) is 7. The number of para-hydroxylation sites is 2. The van der Waals surface area contributed by atoms with E-state index in [4.69, 9.17) is 22.1 Å². The molecule has 0 spiro atoms. The van der Waals surface area contributed by atoms with E-state index in [-0.39, 0.29) is 10.1 Å². The van der Waals surface area contributed by atoms with Crippen molar-refractivity contribution < 1.29 is 24.5 Å². The summed E-state index contributed by atoms with van der Waals surface area (Å²) in [6.07, 6.45) is 2.93. The number of thiocarbonyl (C=S) groups is 1. The lowest BCUT2D eigenvalue weighted by atomic mass is 10.2. The van der Waals surface area contributed by atoms with E-state index in [1.54, 1.807) is 48.5 Å². The zero-order valence-electron chi connectivity index (χ0n) is 14.3. The number of carbonyl (C=O) groups is 2. The van der Waals surface area contributed by atoms with Gasteiger partial charge in [-0.25, -0.2) is 4.79 Å². The van der Waals surface area contributed by atoms with Crippen molar-refractivity contribution in [1.29, 1.82) is 0 Å². The molecule has 2 aromatic rings. The fourth-order valence-corrected chi connectivity index (χ4v) is 3.45. The van der Waals surface area contributed by atoms with Crippen molar-refractivity contribution in [1.82, 2.24) is 5.01 Å². The van der Waals surface area contributed by atoms with Gasteiger partial charge in [0, 0.05) is 11.1 Å². The molecule has 0 bridgehead atoms. The molecule has 0 atom stereocenters. The van der Waals surface area contributed by atoms with Crippen LogP contribution >= 0.6 is 24.0 Å². The van der Waals surface area contributed by atoms with Gasteiger partial charge in [0.15, 0.2) is 10.9 Å². The van der Waals surface area contributed by atoms with Crippen molar-refractivity contribution in [2.45, 2.75) is 0 Å². The van der Waals surface area contributed by atoms with Gasteiger partial charge in [-0.05, 0) is 36.5 Å². The van der Waals surface area contributed by atoms with Crippen molar-refractivity contribution in [2.75, 3.05) is 6.61 Å². The monoisotopic (exact) mass is 414 g/mol. The van der Waals surface area contributed by atoms with E-state index in [1.807, 2.05) is 0 Å². The first-order chi connectivity index (χ1) is 13.5. The predicted octanol–water partition coefficient (Wildman–Crippen LogP) is 3.09. The second-order valence-corrected chi connectivity index (χ2v) is 7.19. The summed E-state index contributed by atoms with van der Waals surface area (Å²) in [5.41, 5.74) is 1.00. The van der Waals surface area contributed by atoms with Crippen LogP contribution in [0.25, 0.3) is 6.08 Å². The summed E-state index contributed by atoms with van der Waals surface area (Å²) >= 11 is 6.29. The topological polar surface area (TPSA) is 99.4 Å². The predicted molar refractivity (Wildman–Crippen MR) is 110 cm³/mol. The summed E-state index contributed by atoms with van der Waals surface area (Å²) in [7, 11) is 0. The molecule has 1 saturated heterocycles. The fraction of sp³-hybridized carbons (Fsp3) is 0.0526. The Morgan fingerprint density at radius 1 is 1.18 bits per heavy atom. The van der Waals surface area contributed by atoms with Crippen LogP contribution in [0.1, 0.15) is 11.1 Å². The molecule has 1 aliphatic rings. The summed E-state index contributed by atoms with van der Waals surface area (Å²) in [5, 5.41) is 23.7. The molecule has 1 aliphatic heterocycles. The highest BCUT2D eigenvalue weighted by molar-refractivity contribution is 8.26. The van der Waals surface area contributed by atoms with Gasteiger partial charge >= 0.3 is 5.97 Å². The van der Waals surface area contributed by atoms with E-state index in [2.05, 4.69) is 5.10 Å². The first-order valence-electron chi connectivity index (χ1n) is 7.99. The Hall–Kier alpha value is -3.17. The van der Waals surface area contributed by atoms with Gasteiger partial charge in [-0.2, -0.15) is 10.1 Å². The molecule has 1 heterocycles. The Bertz CT molecular complexity index is 1000. The molecule has 142 valence electrons. The van der Waals surface area contributed by atoms with E-state index in [9.17, 15) is 14.7 Å². The molecular formula is C19H14N2O5S2. The number of aromatic hydroxyl groups is 1. The molecule has 0 aromatic heterocycles. The molecule has 0 unspecified atom stereocenters. The lowest BCUT2D eigenvalue weighted by Gasteiger charge is -2.08. The van der Waals surface area contributed by atoms with Gasteiger partial charge in [0.2, 0.25) is 0 Å². The van der Waals surface area contributed by atoms with Crippen LogP contribution in [0.3, 0.4) is 0 Å². The largest absolute Gasteiger partial charge is 0.507 e. The smallest absolute Gasteiger partial charge is 0.341 e. The third-order valence-electron chi connectivity index (χ3n) is 3.58. The number of carbonyl (C=O) groups excluding carboxylic acids is 1. The maximum atomic E-state index is 12.6. The number of phenolic OH excluding ortho intramolecular Hbond substituents is 1. The van der Waals surface area contributed by atoms with Crippen molar-refractivity contribution >= 4 is 52.5 Å². The van der Waals surface area contributed by atoms with Gasteiger partial charge in [0.1, 0.15) is 11.5 Å². The fourth-order valence-electron chi connectivity index (χ4n) is 2.29. The van der Waals surface area contributed by atoms with E-state index < -0.39 is 18.5 Å². The average Bonchev–Trinajstić information content (AvgIpc) is 2.93. The quantitative estimate of drug-likeness (QED) is 0.426. The first-order valence-corrected chi connectivity index (χ1v) is 9.22. The number of phenols is 1. The number of nitrogens with zero attached hydrogens (tertiary/aromatic N) is 2. The molecule has 3 rings (SSSR count). The summed E-state index contributed by atoms with van der Waals surface area (Å²) in [5.74, 6) is -1.14. The van der Waals surface area contributed by atoms with Crippen molar-refractivity contribution in [3.05, 3.63) is 64.6 Å². The maximum Gasteiger partial charge on any atom is 0.341 e. The summed E-state index contributed by atoms with van der Waals surface area (Å²) < 4.78 is 5.49. The highest BCUT2D eigenvalue weighted by atomic mass is 32.2. The summed E-state index contributed by atoms with van der Waals surface area (Å²) in [6.45, 7) is -0.489. The minimum Gasteiger partial charge on any atom is -0.507 e. The number of carboxylic acids is 1. The number of hydrogen-bond donors (Lipinski definition) is 2. The van der Waals surface area contributed by atoms with Crippen LogP contribution in [0.2, 0.25) is 0 Å². The Labute approximate surface area is 169 Å². The molecular weight excluding hydrogens is 400 g/mol. The number of hydrazone groups is 1. The standard InChI is InChI=1S/C19H14N2O5S2/c22-14-7-3-1-6-13(14)10-20-21-18(25)16(28-19(21)27)9-12-5-2-4-8-15(12)26-11-17(23)24/h1-10,22H,11H2,(H,23,24)/b16-9-,20-10+. The molecule has 1 amide bonds. The molecule has 0 radical (unpaired) electrons. The molecule has 7 nitrogen and oxygen atoms in total. The third kappa shape index (κ3) is 4.56. The highest BCUT2D eigenvalue weighted by Crippen LogP contribution is 2.34. The number of ether oxygens (including phenoxy) is 1. The van der Waals surface area contributed by atoms with E-state index >= 15 is 0 Å². The van der Waals surface area contributed by atoms with Gasteiger partial charge in [0.05, 0.1) is 11.1 Å². The molecule has 2 N–H and O–H groups in total. The molecule has 0 saturated carbocycles.